The molecular formula is C13H17ClN4O3. The van der Waals surface area contributed by atoms with Gasteiger partial charge in [0.05, 0.1) is 15.6 Å². The molecule has 21 heavy (non-hydrogen) atoms. The van der Waals surface area contributed by atoms with Crippen molar-refractivity contribution in [2.24, 2.45) is 0 Å². The molecule has 1 unspecified atom stereocenters. The first-order chi connectivity index (χ1) is 9.91. The Morgan fingerprint density at radius 3 is 2.81 bits per heavy atom. The van der Waals surface area contributed by atoms with Crippen molar-refractivity contribution in [1.29, 1.82) is 0 Å². The normalized spacial score (nSPS) is 18.4. The highest BCUT2D eigenvalue weighted by molar-refractivity contribution is 6.33. The number of nitrogens with zero attached hydrogens (tertiary/aromatic N) is 3. The van der Waals surface area contributed by atoms with Gasteiger partial charge < -0.3 is 15.1 Å². The summed E-state index contributed by atoms with van der Waals surface area (Å²) in [6.45, 7) is 1.86. The highest BCUT2D eigenvalue weighted by atomic mass is 35.5. The molecule has 1 fully saturated rings. The number of nitrogens with one attached hydrogen (secondary N) is 1. The number of amides is 1. The second-order valence-corrected chi connectivity index (χ2v) is 5.45. The van der Waals surface area contributed by atoms with E-state index in [0.29, 0.717) is 18.8 Å². The fourth-order valence-electron chi connectivity index (χ4n) is 2.35. The number of carbonyl (C=O) groups is 1. The van der Waals surface area contributed by atoms with Gasteiger partial charge in [0, 0.05) is 45.9 Å². The maximum absolute atomic E-state index is 12.3. The molecule has 1 heterocycles. The summed E-state index contributed by atoms with van der Waals surface area (Å²) < 4.78 is 0. The fourth-order valence-corrected chi connectivity index (χ4v) is 2.64. The number of likely N-dealkylation sites (N-methyl/N-ethyl adjacent to an activating group) is 1. The summed E-state index contributed by atoms with van der Waals surface area (Å²) in [4.78, 5) is 26.0. The fraction of sp³-hybridized carbons (Fsp3) is 0.462. The van der Waals surface area contributed by atoms with E-state index < -0.39 is 4.92 Å². The molecule has 0 radical (unpaired) electrons. The van der Waals surface area contributed by atoms with E-state index in [-0.39, 0.29) is 22.7 Å². The van der Waals surface area contributed by atoms with E-state index in [9.17, 15) is 14.9 Å². The first-order valence-corrected chi connectivity index (χ1v) is 6.92. The van der Waals surface area contributed by atoms with Crippen molar-refractivity contribution >= 4 is 28.9 Å². The third-order valence-corrected chi connectivity index (χ3v) is 3.72. The van der Waals surface area contributed by atoms with Crippen molar-refractivity contribution in [3.05, 3.63) is 33.3 Å². The van der Waals surface area contributed by atoms with Gasteiger partial charge in [0.1, 0.15) is 6.04 Å². The summed E-state index contributed by atoms with van der Waals surface area (Å²) in [5.74, 6) is -0.0309. The number of nitro groups is 1. The van der Waals surface area contributed by atoms with E-state index in [0.717, 1.165) is 6.54 Å². The van der Waals surface area contributed by atoms with E-state index in [1.54, 1.807) is 20.2 Å². The average molecular weight is 313 g/mol. The second-order valence-electron chi connectivity index (χ2n) is 5.04. The van der Waals surface area contributed by atoms with Crippen LogP contribution in [0.4, 0.5) is 11.4 Å². The lowest BCUT2D eigenvalue weighted by molar-refractivity contribution is -0.384. The minimum atomic E-state index is -0.490. The van der Waals surface area contributed by atoms with Crippen LogP contribution >= 0.6 is 11.6 Å². The number of rotatable bonds is 3. The average Bonchev–Trinajstić information content (AvgIpc) is 2.46. The van der Waals surface area contributed by atoms with Crippen molar-refractivity contribution in [1.82, 2.24) is 10.2 Å². The topological polar surface area (TPSA) is 78.7 Å². The largest absolute Gasteiger partial charge is 0.356 e. The summed E-state index contributed by atoms with van der Waals surface area (Å²) in [6.07, 6.45) is 0. The predicted octanol–water partition coefficient (Wildman–Crippen LogP) is 1.11. The Hall–Kier alpha value is -1.86. The molecule has 1 aliphatic rings. The first kappa shape index (κ1) is 15.5. The Labute approximate surface area is 127 Å². The molecule has 8 heteroatoms. The van der Waals surface area contributed by atoms with Crippen molar-refractivity contribution in [2.45, 2.75) is 6.04 Å². The standard InChI is InChI=1S/C13H17ClN4O3/c1-16(2)13(19)12-8-15-5-6-17(12)11-4-3-9(18(20)21)7-10(11)14/h3-4,7,12,15H,5-6,8H2,1-2H3. The number of benzene rings is 1. The zero-order valence-electron chi connectivity index (χ0n) is 11.9. The van der Waals surface area contributed by atoms with Crippen molar-refractivity contribution in [2.75, 3.05) is 38.6 Å². The van der Waals surface area contributed by atoms with Crippen LogP contribution in [0.25, 0.3) is 0 Å². The summed E-state index contributed by atoms with van der Waals surface area (Å²) >= 11 is 6.16. The molecule has 0 aliphatic carbocycles. The Kier molecular flexibility index (Phi) is 4.64. The molecule has 0 saturated carbocycles. The lowest BCUT2D eigenvalue weighted by atomic mass is 10.1. The van der Waals surface area contributed by atoms with Crippen molar-refractivity contribution in [3.63, 3.8) is 0 Å². The zero-order chi connectivity index (χ0) is 15.6. The molecule has 7 nitrogen and oxygen atoms in total. The Balaban J connectivity index is 2.33. The van der Waals surface area contributed by atoms with Crippen molar-refractivity contribution < 1.29 is 9.72 Å². The Morgan fingerprint density at radius 2 is 2.24 bits per heavy atom. The molecule has 0 bridgehead atoms. The van der Waals surface area contributed by atoms with Gasteiger partial charge in [0.15, 0.2) is 0 Å². The van der Waals surface area contributed by atoms with Gasteiger partial charge in [-0.25, -0.2) is 0 Å². The highest BCUT2D eigenvalue weighted by Gasteiger charge is 2.31. The van der Waals surface area contributed by atoms with Crippen LogP contribution in [-0.4, -0.2) is 55.5 Å². The molecule has 114 valence electrons. The van der Waals surface area contributed by atoms with E-state index in [2.05, 4.69) is 5.32 Å². The van der Waals surface area contributed by atoms with Crippen LogP contribution in [0.2, 0.25) is 5.02 Å². The third kappa shape index (κ3) is 3.25. The number of anilines is 1. The van der Waals surface area contributed by atoms with Crippen LogP contribution < -0.4 is 10.2 Å². The summed E-state index contributed by atoms with van der Waals surface area (Å²) in [5.41, 5.74) is 0.582. The monoisotopic (exact) mass is 312 g/mol. The van der Waals surface area contributed by atoms with Gasteiger partial charge in [0.2, 0.25) is 5.91 Å². The van der Waals surface area contributed by atoms with Crippen LogP contribution in [-0.2, 0) is 4.79 Å². The number of piperazine rings is 1. The lowest BCUT2D eigenvalue weighted by Crippen LogP contribution is -2.57. The zero-order valence-corrected chi connectivity index (χ0v) is 12.6. The number of carbonyl (C=O) groups excluding carboxylic acids is 1. The van der Waals surface area contributed by atoms with Gasteiger partial charge in [-0.05, 0) is 6.07 Å². The molecule has 1 aliphatic heterocycles. The van der Waals surface area contributed by atoms with Gasteiger partial charge in [-0.1, -0.05) is 11.6 Å². The number of nitro benzene ring substituents is 1. The van der Waals surface area contributed by atoms with Gasteiger partial charge in [-0.3, -0.25) is 14.9 Å². The maximum Gasteiger partial charge on any atom is 0.271 e. The molecule has 0 aromatic heterocycles. The minimum absolute atomic E-state index is 0.0309. The Bertz CT molecular complexity index is 564. The van der Waals surface area contributed by atoms with Crippen LogP contribution in [0.15, 0.2) is 18.2 Å². The molecule has 0 spiro atoms. The number of halogens is 1. The third-order valence-electron chi connectivity index (χ3n) is 3.42. The van der Waals surface area contributed by atoms with Gasteiger partial charge in [0.25, 0.3) is 5.69 Å². The molecule has 1 aromatic rings. The SMILES string of the molecule is CN(C)C(=O)C1CNCCN1c1ccc([N+](=O)[O-])cc1Cl. The predicted molar refractivity (Wildman–Crippen MR) is 80.8 cm³/mol. The van der Waals surface area contributed by atoms with Gasteiger partial charge in [-0.15, -0.1) is 0 Å². The van der Waals surface area contributed by atoms with E-state index in [1.807, 2.05) is 4.90 Å². The van der Waals surface area contributed by atoms with E-state index >= 15 is 0 Å². The quantitative estimate of drug-likeness (QED) is 0.668. The van der Waals surface area contributed by atoms with Crippen LogP contribution in [0, 0.1) is 10.1 Å². The van der Waals surface area contributed by atoms with Gasteiger partial charge in [-0.2, -0.15) is 0 Å². The van der Waals surface area contributed by atoms with Crippen LogP contribution in [0.3, 0.4) is 0 Å². The number of non-ortho nitro benzene ring substituents is 1. The highest BCUT2D eigenvalue weighted by Crippen LogP contribution is 2.31. The lowest BCUT2D eigenvalue weighted by Gasteiger charge is -2.38. The minimum Gasteiger partial charge on any atom is -0.356 e. The summed E-state index contributed by atoms with van der Waals surface area (Å²) in [5, 5.41) is 14.2. The number of hydrogen-bond donors (Lipinski definition) is 1. The molecule has 1 N–H and O–H groups in total. The Morgan fingerprint density at radius 1 is 1.52 bits per heavy atom. The molecule has 1 saturated heterocycles. The smallest absolute Gasteiger partial charge is 0.271 e. The van der Waals surface area contributed by atoms with E-state index in [1.165, 1.54) is 17.0 Å². The number of hydrogen-bond acceptors (Lipinski definition) is 5. The van der Waals surface area contributed by atoms with Crippen LogP contribution in [0.1, 0.15) is 0 Å². The van der Waals surface area contributed by atoms with Crippen LogP contribution in [0.5, 0.6) is 0 Å². The molecule has 1 aromatic carbocycles. The summed E-state index contributed by atoms with van der Waals surface area (Å²) in [7, 11) is 3.40. The molecule has 1 amide bonds. The first-order valence-electron chi connectivity index (χ1n) is 6.54. The van der Waals surface area contributed by atoms with E-state index in [4.69, 9.17) is 11.6 Å². The molecular weight excluding hydrogens is 296 g/mol. The summed E-state index contributed by atoms with van der Waals surface area (Å²) in [6, 6.07) is 3.95. The molecule has 1 atom stereocenters. The maximum atomic E-state index is 12.3. The second kappa shape index (κ2) is 6.28. The van der Waals surface area contributed by atoms with Gasteiger partial charge >= 0.3 is 0 Å². The molecule has 2 rings (SSSR count). The van der Waals surface area contributed by atoms with Crippen molar-refractivity contribution in [3.8, 4) is 0 Å².